The number of halogens is 3. The van der Waals surface area contributed by atoms with Crippen LogP contribution < -0.4 is 4.90 Å². The second-order valence-electron chi connectivity index (χ2n) is 6.46. The minimum atomic E-state index is -4.42. The molecule has 2 saturated heterocycles. The molecule has 0 atom stereocenters. The summed E-state index contributed by atoms with van der Waals surface area (Å²) in [5.74, 6) is 0. The fraction of sp³-hybridized carbons (Fsp3) is 0.588. The van der Waals surface area contributed by atoms with Crippen LogP contribution in [0.3, 0.4) is 0 Å². The molecule has 26 heavy (non-hydrogen) atoms. The molecule has 144 valence electrons. The second kappa shape index (κ2) is 7.71. The number of ether oxygens (including phenoxy) is 1. The Morgan fingerprint density at radius 2 is 1.73 bits per heavy atom. The molecule has 0 radical (unpaired) electrons. The highest BCUT2D eigenvalue weighted by Crippen LogP contribution is 2.39. The molecule has 0 spiro atoms. The fourth-order valence-corrected chi connectivity index (χ4v) is 3.45. The number of alkyl halides is 3. The van der Waals surface area contributed by atoms with Gasteiger partial charge in [-0.25, -0.2) is 4.79 Å². The van der Waals surface area contributed by atoms with Gasteiger partial charge in [-0.05, 0) is 11.6 Å². The van der Waals surface area contributed by atoms with Crippen molar-refractivity contribution in [1.29, 1.82) is 0 Å². The number of carbonyl (C=O) groups is 1. The lowest BCUT2D eigenvalue weighted by Crippen LogP contribution is -2.48. The lowest BCUT2D eigenvalue weighted by molar-refractivity contribution is -0.137. The maximum Gasteiger partial charge on any atom is 0.418 e. The smallest absolute Gasteiger partial charge is 0.418 e. The molecule has 2 fully saturated rings. The fourth-order valence-electron chi connectivity index (χ4n) is 3.45. The van der Waals surface area contributed by atoms with Crippen molar-refractivity contribution in [3.63, 3.8) is 0 Å². The van der Waals surface area contributed by atoms with Crippen LogP contribution in [0.4, 0.5) is 23.7 Å². The predicted octanol–water partition coefficient (Wildman–Crippen LogP) is 2.34. The summed E-state index contributed by atoms with van der Waals surface area (Å²) in [5.41, 5.74) is 0.218. The Morgan fingerprint density at radius 1 is 1.08 bits per heavy atom. The highest BCUT2D eigenvalue weighted by atomic mass is 19.4. The van der Waals surface area contributed by atoms with Crippen LogP contribution in [-0.2, 0) is 17.5 Å². The first-order chi connectivity index (χ1) is 12.4. The minimum Gasteiger partial charge on any atom is -0.465 e. The second-order valence-corrected chi connectivity index (χ2v) is 6.46. The Labute approximate surface area is 149 Å². The molecule has 2 aliphatic rings. The molecule has 9 heteroatoms. The third-order valence-electron chi connectivity index (χ3n) is 4.79. The average Bonchev–Trinajstić information content (AvgIpc) is 2.62. The lowest BCUT2D eigenvalue weighted by atomic mass is 10.0. The predicted molar refractivity (Wildman–Crippen MR) is 89.4 cm³/mol. The van der Waals surface area contributed by atoms with Gasteiger partial charge in [0.2, 0.25) is 0 Å². The lowest BCUT2D eigenvalue weighted by Gasteiger charge is -2.36. The Kier molecular flexibility index (Phi) is 5.57. The van der Waals surface area contributed by atoms with Crippen molar-refractivity contribution in [3.8, 4) is 0 Å². The summed E-state index contributed by atoms with van der Waals surface area (Å²) in [7, 11) is 0. The van der Waals surface area contributed by atoms with E-state index in [0.717, 1.165) is 6.07 Å². The topological polar surface area (TPSA) is 56.2 Å². The van der Waals surface area contributed by atoms with Crippen molar-refractivity contribution in [2.75, 3.05) is 57.4 Å². The maximum absolute atomic E-state index is 13.6. The van der Waals surface area contributed by atoms with Crippen molar-refractivity contribution in [3.05, 3.63) is 29.3 Å². The number of anilines is 1. The van der Waals surface area contributed by atoms with E-state index in [2.05, 4.69) is 0 Å². The van der Waals surface area contributed by atoms with E-state index < -0.39 is 17.8 Å². The SMILES string of the molecule is O=C(O)N1CCN(Cc2cccc(C(F)(F)F)c2N2CCOCC2)CC1. The van der Waals surface area contributed by atoms with Crippen molar-refractivity contribution < 1.29 is 27.8 Å². The van der Waals surface area contributed by atoms with E-state index in [1.54, 1.807) is 11.0 Å². The van der Waals surface area contributed by atoms with Gasteiger partial charge in [-0.15, -0.1) is 0 Å². The number of piperazine rings is 1. The van der Waals surface area contributed by atoms with E-state index in [4.69, 9.17) is 9.84 Å². The molecule has 2 aliphatic heterocycles. The quantitative estimate of drug-likeness (QED) is 0.882. The van der Waals surface area contributed by atoms with Crippen LogP contribution >= 0.6 is 0 Å². The van der Waals surface area contributed by atoms with Crippen molar-refractivity contribution in [1.82, 2.24) is 9.80 Å². The molecule has 0 aliphatic carbocycles. The summed E-state index contributed by atoms with van der Waals surface area (Å²) in [5, 5.41) is 9.02. The zero-order valence-corrected chi connectivity index (χ0v) is 14.3. The molecule has 0 bridgehead atoms. The van der Waals surface area contributed by atoms with Gasteiger partial charge in [-0.1, -0.05) is 12.1 Å². The Bertz CT molecular complexity index is 640. The Balaban J connectivity index is 1.83. The van der Waals surface area contributed by atoms with Crippen molar-refractivity contribution >= 4 is 11.8 Å². The Morgan fingerprint density at radius 3 is 2.31 bits per heavy atom. The summed E-state index contributed by atoms with van der Waals surface area (Å²) < 4.78 is 46.0. The maximum atomic E-state index is 13.6. The van der Waals surface area contributed by atoms with Crippen LogP contribution in [0.5, 0.6) is 0 Å². The molecular weight excluding hydrogens is 351 g/mol. The van der Waals surface area contributed by atoms with Gasteiger partial charge in [0.05, 0.1) is 24.5 Å². The molecule has 3 rings (SSSR count). The van der Waals surface area contributed by atoms with Gasteiger partial charge in [0, 0.05) is 45.8 Å². The summed E-state index contributed by atoms with van der Waals surface area (Å²) in [6.45, 7) is 3.76. The number of morpholine rings is 1. The van der Waals surface area contributed by atoms with Crippen LogP contribution in [0, 0.1) is 0 Å². The average molecular weight is 373 g/mol. The van der Waals surface area contributed by atoms with Gasteiger partial charge in [-0.3, -0.25) is 4.90 Å². The van der Waals surface area contributed by atoms with Gasteiger partial charge in [0.25, 0.3) is 0 Å². The highest BCUT2D eigenvalue weighted by Gasteiger charge is 2.36. The summed E-state index contributed by atoms with van der Waals surface area (Å²) >= 11 is 0. The van der Waals surface area contributed by atoms with Crippen LogP contribution in [0.25, 0.3) is 0 Å². The number of hydrogen-bond donors (Lipinski definition) is 1. The molecule has 0 unspecified atom stereocenters. The van der Waals surface area contributed by atoms with E-state index in [1.165, 1.54) is 11.0 Å². The number of benzene rings is 1. The number of nitrogens with zero attached hydrogens (tertiary/aromatic N) is 3. The summed E-state index contributed by atoms with van der Waals surface area (Å²) in [4.78, 5) is 16.1. The molecule has 2 heterocycles. The van der Waals surface area contributed by atoms with Gasteiger partial charge in [0.15, 0.2) is 0 Å². The standard InChI is InChI=1S/C17H22F3N3O3/c18-17(19,20)14-3-1-2-13(15(14)22-8-10-26-11-9-22)12-21-4-6-23(7-5-21)16(24)25/h1-3H,4-12H2,(H,24,25). The minimum absolute atomic E-state index is 0.226. The first kappa shape index (κ1) is 18.8. The van der Waals surface area contributed by atoms with E-state index in [9.17, 15) is 18.0 Å². The van der Waals surface area contributed by atoms with Gasteiger partial charge in [-0.2, -0.15) is 13.2 Å². The van der Waals surface area contributed by atoms with Crippen LogP contribution in [0.1, 0.15) is 11.1 Å². The summed E-state index contributed by atoms with van der Waals surface area (Å²) in [6, 6.07) is 4.29. The van der Waals surface area contributed by atoms with Crippen LogP contribution in [0.2, 0.25) is 0 Å². The normalized spacial score (nSPS) is 19.7. The van der Waals surface area contributed by atoms with Crippen molar-refractivity contribution in [2.45, 2.75) is 12.7 Å². The molecular formula is C17H22F3N3O3. The molecule has 1 N–H and O–H groups in total. The number of amides is 1. The summed E-state index contributed by atoms with van der Waals surface area (Å²) in [6.07, 6.45) is -5.39. The molecule has 6 nitrogen and oxygen atoms in total. The molecule has 1 aromatic carbocycles. The number of rotatable bonds is 3. The number of hydrogen-bond acceptors (Lipinski definition) is 4. The van der Waals surface area contributed by atoms with Gasteiger partial charge in [0.1, 0.15) is 0 Å². The molecule has 0 saturated carbocycles. The zero-order valence-electron chi connectivity index (χ0n) is 14.3. The molecule has 1 amide bonds. The van der Waals surface area contributed by atoms with Crippen LogP contribution in [-0.4, -0.2) is 73.5 Å². The molecule has 1 aromatic rings. The third-order valence-corrected chi connectivity index (χ3v) is 4.79. The van der Waals surface area contributed by atoms with E-state index in [0.29, 0.717) is 64.6 Å². The monoisotopic (exact) mass is 373 g/mol. The largest absolute Gasteiger partial charge is 0.465 e. The van der Waals surface area contributed by atoms with E-state index in [1.807, 2.05) is 4.90 Å². The Hall–Kier alpha value is -2.00. The van der Waals surface area contributed by atoms with Crippen LogP contribution in [0.15, 0.2) is 18.2 Å². The first-order valence-corrected chi connectivity index (χ1v) is 8.58. The van der Waals surface area contributed by atoms with Gasteiger partial charge < -0.3 is 19.6 Å². The van der Waals surface area contributed by atoms with Crippen molar-refractivity contribution in [2.24, 2.45) is 0 Å². The first-order valence-electron chi connectivity index (χ1n) is 8.58. The van der Waals surface area contributed by atoms with Gasteiger partial charge >= 0.3 is 12.3 Å². The van der Waals surface area contributed by atoms with E-state index >= 15 is 0 Å². The van der Waals surface area contributed by atoms with E-state index in [-0.39, 0.29) is 5.69 Å². The number of para-hydroxylation sites is 1. The zero-order chi connectivity index (χ0) is 18.7. The number of carboxylic acid groups (broad SMARTS) is 1. The highest BCUT2D eigenvalue weighted by molar-refractivity contribution is 5.65. The molecule has 0 aromatic heterocycles. The third kappa shape index (κ3) is 4.21.